The average molecular weight is 284 g/mol. The second kappa shape index (κ2) is 6.94. The monoisotopic (exact) mass is 284 g/mol. The van der Waals surface area contributed by atoms with E-state index in [0.29, 0.717) is 0 Å². The molecule has 0 unspecified atom stereocenters. The summed E-state index contributed by atoms with van der Waals surface area (Å²) in [5.41, 5.74) is 2.12. The predicted molar refractivity (Wildman–Crippen MR) is 81.8 cm³/mol. The van der Waals surface area contributed by atoms with E-state index < -0.39 is 0 Å². The first-order valence-corrected chi connectivity index (χ1v) is 7.27. The molecule has 0 aliphatic carbocycles. The van der Waals surface area contributed by atoms with Crippen LogP contribution < -0.4 is 4.74 Å². The van der Waals surface area contributed by atoms with Gasteiger partial charge in [-0.05, 0) is 48.6 Å². The van der Waals surface area contributed by atoms with Crippen molar-refractivity contribution in [2.24, 2.45) is 0 Å². The Morgan fingerprint density at radius 2 is 2.14 bits per heavy atom. The molecule has 0 N–H and O–H groups in total. The van der Waals surface area contributed by atoms with Crippen molar-refractivity contribution in [1.82, 2.24) is 4.90 Å². The molecular weight excluding hydrogens is 264 g/mol. The third kappa shape index (κ3) is 3.43. The van der Waals surface area contributed by atoms with Crippen molar-refractivity contribution in [3.8, 4) is 11.8 Å². The predicted octanol–water partition coefficient (Wildman–Crippen LogP) is 2.79. The van der Waals surface area contributed by atoms with Gasteiger partial charge in [0.1, 0.15) is 17.4 Å². The number of carbonyl (C=O) groups excluding carboxylic acids is 1. The third-order valence-corrected chi connectivity index (χ3v) is 3.74. The number of nitriles is 1. The summed E-state index contributed by atoms with van der Waals surface area (Å²) in [7, 11) is 1.64. The number of likely N-dealkylation sites (tertiary alicyclic amines) is 1. The number of amides is 1. The molecule has 0 bridgehead atoms. The van der Waals surface area contributed by atoms with Crippen molar-refractivity contribution < 1.29 is 9.53 Å². The van der Waals surface area contributed by atoms with E-state index in [1.165, 1.54) is 0 Å². The van der Waals surface area contributed by atoms with Crippen LogP contribution in [-0.2, 0) is 11.2 Å². The Morgan fingerprint density at radius 1 is 1.43 bits per heavy atom. The summed E-state index contributed by atoms with van der Waals surface area (Å²) in [6.45, 7) is 3.55. The van der Waals surface area contributed by atoms with Crippen LogP contribution in [0.5, 0.6) is 5.75 Å². The number of benzene rings is 1. The van der Waals surface area contributed by atoms with Crippen LogP contribution in [0.4, 0.5) is 0 Å². The van der Waals surface area contributed by atoms with Gasteiger partial charge in [-0.2, -0.15) is 5.26 Å². The highest BCUT2D eigenvalue weighted by molar-refractivity contribution is 6.01. The lowest BCUT2D eigenvalue weighted by molar-refractivity contribution is -0.125. The minimum atomic E-state index is -0.163. The van der Waals surface area contributed by atoms with E-state index in [-0.39, 0.29) is 11.5 Å². The van der Waals surface area contributed by atoms with Gasteiger partial charge >= 0.3 is 0 Å². The van der Waals surface area contributed by atoms with E-state index in [0.717, 1.165) is 49.2 Å². The maximum Gasteiger partial charge on any atom is 0.264 e. The summed E-state index contributed by atoms with van der Waals surface area (Å²) in [5, 5.41) is 9.25. The molecule has 1 aliphatic rings. The normalized spacial score (nSPS) is 14.9. The van der Waals surface area contributed by atoms with E-state index >= 15 is 0 Å². The first-order valence-electron chi connectivity index (χ1n) is 7.27. The minimum Gasteiger partial charge on any atom is -0.496 e. The number of rotatable bonds is 4. The Morgan fingerprint density at radius 3 is 2.71 bits per heavy atom. The van der Waals surface area contributed by atoms with Crippen LogP contribution in [0, 0.1) is 11.3 Å². The van der Waals surface area contributed by atoms with Crippen molar-refractivity contribution in [2.45, 2.75) is 26.2 Å². The molecular formula is C17H20N2O2. The Bertz CT molecular complexity index is 593. The molecule has 4 heteroatoms. The quantitative estimate of drug-likeness (QED) is 0.631. The zero-order valence-electron chi connectivity index (χ0n) is 12.6. The van der Waals surface area contributed by atoms with Gasteiger partial charge in [-0.1, -0.05) is 13.0 Å². The molecule has 21 heavy (non-hydrogen) atoms. The molecule has 0 spiro atoms. The van der Waals surface area contributed by atoms with Crippen molar-refractivity contribution >= 4 is 12.0 Å². The molecule has 1 aromatic carbocycles. The number of hydrogen-bond donors (Lipinski definition) is 0. The topological polar surface area (TPSA) is 53.3 Å². The second-order valence-electron chi connectivity index (χ2n) is 5.09. The van der Waals surface area contributed by atoms with Gasteiger partial charge < -0.3 is 9.64 Å². The van der Waals surface area contributed by atoms with E-state index in [9.17, 15) is 10.1 Å². The van der Waals surface area contributed by atoms with Crippen LogP contribution in [0.2, 0.25) is 0 Å². The van der Waals surface area contributed by atoms with Crippen LogP contribution in [0.15, 0.2) is 23.8 Å². The highest BCUT2D eigenvalue weighted by Crippen LogP contribution is 2.22. The summed E-state index contributed by atoms with van der Waals surface area (Å²) in [6.07, 6.45) is 4.55. The fourth-order valence-electron chi connectivity index (χ4n) is 2.56. The number of carbonyl (C=O) groups is 1. The molecule has 0 saturated carbocycles. The van der Waals surface area contributed by atoms with E-state index in [1.807, 2.05) is 31.2 Å². The summed E-state index contributed by atoms with van der Waals surface area (Å²) in [6, 6.07) is 7.74. The van der Waals surface area contributed by atoms with Crippen LogP contribution >= 0.6 is 0 Å². The number of ether oxygens (including phenoxy) is 1. The lowest BCUT2D eigenvalue weighted by Crippen LogP contribution is -2.28. The molecule has 1 aliphatic heterocycles. The first-order chi connectivity index (χ1) is 10.2. The molecule has 110 valence electrons. The van der Waals surface area contributed by atoms with E-state index in [2.05, 4.69) is 0 Å². The second-order valence-corrected chi connectivity index (χ2v) is 5.09. The van der Waals surface area contributed by atoms with Crippen LogP contribution in [0.3, 0.4) is 0 Å². The number of hydrogen-bond acceptors (Lipinski definition) is 3. The molecule has 2 rings (SSSR count). The average Bonchev–Trinajstić information content (AvgIpc) is 3.06. The maximum atomic E-state index is 12.3. The summed E-state index contributed by atoms with van der Waals surface area (Å²) >= 11 is 0. The molecule has 0 radical (unpaired) electrons. The summed E-state index contributed by atoms with van der Waals surface area (Å²) in [5.74, 6) is 0.669. The molecule has 1 amide bonds. The molecule has 0 aromatic heterocycles. The van der Waals surface area contributed by atoms with Crippen molar-refractivity contribution in [1.29, 1.82) is 5.26 Å². The zero-order valence-corrected chi connectivity index (χ0v) is 12.6. The van der Waals surface area contributed by atoms with E-state index in [1.54, 1.807) is 18.1 Å². The Kier molecular flexibility index (Phi) is 4.99. The van der Waals surface area contributed by atoms with Crippen LogP contribution in [0.25, 0.3) is 6.08 Å². The summed E-state index contributed by atoms with van der Waals surface area (Å²) in [4.78, 5) is 14.0. The largest absolute Gasteiger partial charge is 0.496 e. The van der Waals surface area contributed by atoms with E-state index in [4.69, 9.17) is 4.74 Å². The lowest BCUT2D eigenvalue weighted by atomic mass is 10.0. The fourth-order valence-corrected chi connectivity index (χ4v) is 2.56. The Hall–Kier alpha value is -2.28. The first kappa shape index (κ1) is 15.1. The maximum absolute atomic E-state index is 12.3. The molecule has 1 saturated heterocycles. The smallest absolute Gasteiger partial charge is 0.264 e. The molecule has 0 atom stereocenters. The van der Waals surface area contributed by atoms with Crippen molar-refractivity contribution in [3.63, 3.8) is 0 Å². The summed E-state index contributed by atoms with van der Waals surface area (Å²) < 4.78 is 5.29. The Labute approximate surface area is 125 Å². The molecule has 1 fully saturated rings. The van der Waals surface area contributed by atoms with Crippen molar-refractivity contribution in [2.75, 3.05) is 20.2 Å². The standard InChI is InChI=1S/C17H20N2O2/c1-3-14-10-13(6-7-16(14)21-2)11-15(12-18)17(20)19-8-4-5-9-19/h6-7,10-11H,3-5,8-9H2,1-2H3/b15-11+. The van der Waals surface area contributed by atoms with Crippen LogP contribution in [-0.4, -0.2) is 31.0 Å². The fraction of sp³-hybridized carbons (Fsp3) is 0.412. The zero-order chi connectivity index (χ0) is 15.2. The Balaban J connectivity index is 2.27. The van der Waals surface area contributed by atoms with Gasteiger partial charge in [-0.25, -0.2) is 0 Å². The van der Waals surface area contributed by atoms with Gasteiger partial charge in [0.15, 0.2) is 0 Å². The molecule has 1 heterocycles. The lowest BCUT2D eigenvalue weighted by Gasteiger charge is -2.14. The third-order valence-electron chi connectivity index (χ3n) is 3.74. The highest BCUT2D eigenvalue weighted by Gasteiger charge is 2.21. The SMILES string of the molecule is CCc1cc(/C=C(\C#N)C(=O)N2CCCC2)ccc1OC. The van der Waals surface area contributed by atoms with Gasteiger partial charge in [0.25, 0.3) is 5.91 Å². The van der Waals surface area contributed by atoms with Gasteiger partial charge in [0.05, 0.1) is 7.11 Å². The van der Waals surface area contributed by atoms with Gasteiger partial charge in [0.2, 0.25) is 0 Å². The van der Waals surface area contributed by atoms with Crippen LogP contribution in [0.1, 0.15) is 30.9 Å². The number of nitrogens with zero attached hydrogens (tertiary/aromatic N) is 2. The molecule has 1 aromatic rings. The number of aryl methyl sites for hydroxylation is 1. The van der Waals surface area contributed by atoms with Crippen molar-refractivity contribution in [3.05, 3.63) is 34.9 Å². The highest BCUT2D eigenvalue weighted by atomic mass is 16.5. The van der Waals surface area contributed by atoms with Gasteiger partial charge in [-0.15, -0.1) is 0 Å². The number of methoxy groups -OCH3 is 1. The van der Waals surface area contributed by atoms with Gasteiger partial charge in [-0.3, -0.25) is 4.79 Å². The minimum absolute atomic E-state index is 0.163. The van der Waals surface area contributed by atoms with Gasteiger partial charge in [0, 0.05) is 13.1 Å². The molecule has 4 nitrogen and oxygen atoms in total.